The molecule has 14 heavy (non-hydrogen) atoms. The molecular weight excluding hydrogens is 180 g/mol. The molecule has 0 bridgehead atoms. The summed E-state index contributed by atoms with van der Waals surface area (Å²) >= 11 is 0. The normalized spacial score (nSPS) is 12.1. The highest BCUT2D eigenvalue weighted by atomic mass is 16.5. The Labute approximate surface area is 82.8 Å². The van der Waals surface area contributed by atoms with Crippen LogP contribution in [0.3, 0.4) is 0 Å². The number of benzene rings is 1. The minimum Gasteiger partial charge on any atom is -0.468 e. The maximum Gasteiger partial charge on any atom is 0.293 e. The van der Waals surface area contributed by atoms with Crippen molar-refractivity contribution in [1.29, 1.82) is 0 Å². The Morgan fingerprint density at radius 3 is 2.93 bits per heavy atom. The predicted octanol–water partition coefficient (Wildman–Crippen LogP) is 0.832. The molecule has 0 aliphatic rings. The van der Waals surface area contributed by atoms with E-state index in [-0.39, 0.29) is 6.04 Å². The number of rotatable bonds is 5. The van der Waals surface area contributed by atoms with Gasteiger partial charge in [-0.15, -0.1) is 0 Å². The minimum absolute atomic E-state index is 0.140. The molecule has 0 heterocycles. The van der Waals surface area contributed by atoms with E-state index in [4.69, 9.17) is 11.5 Å². The molecule has 0 spiro atoms. The summed E-state index contributed by atoms with van der Waals surface area (Å²) in [5.41, 5.74) is 13.1. The van der Waals surface area contributed by atoms with Gasteiger partial charge in [-0.05, 0) is 17.7 Å². The van der Waals surface area contributed by atoms with Crippen LogP contribution < -0.4 is 11.5 Å². The van der Waals surface area contributed by atoms with E-state index >= 15 is 0 Å². The first-order valence-electron chi connectivity index (χ1n) is 4.40. The molecule has 0 amide bonds. The van der Waals surface area contributed by atoms with E-state index in [1.54, 1.807) is 6.07 Å². The summed E-state index contributed by atoms with van der Waals surface area (Å²) in [6.07, 6.45) is 0.599. The summed E-state index contributed by atoms with van der Waals surface area (Å²) in [7, 11) is 0. The number of nitrogens with two attached hydrogens (primary N) is 2. The highest BCUT2D eigenvalue weighted by Crippen LogP contribution is 2.16. The second-order valence-electron chi connectivity index (χ2n) is 3.03. The molecule has 0 saturated heterocycles. The van der Waals surface area contributed by atoms with Crippen molar-refractivity contribution >= 4 is 12.2 Å². The first-order chi connectivity index (χ1) is 6.74. The topological polar surface area (TPSA) is 78.3 Å². The van der Waals surface area contributed by atoms with Crippen molar-refractivity contribution in [2.75, 3.05) is 12.3 Å². The number of ether oxygens (including phenoxy) is 1. The van der Waals surface area contributed by atoms with Crippen molar-refractivity contribution in [2.24, 2.45) is 5.73 Å². The lowest BCUT2D eigenvalue weighted by atomic mass is 10.0. The number of hydrogen-bond acceptors (Lipinski definition) is 4. The van der Waals surface area contributed by atoms with Crippen LogP contribution in [-0.4, -0.2) is 13.1 Å². The lowest BCUT2D eigenvalue weighted by Gasteiger charge is -2.11. The smallest absolute Gasteiger partial charge is 0.293 e. The molecule has 1 aromatic rings. The fraction of sp³-hybridized carbons (Fsp3) is 0.300. The molecule has 1 aromatic carbocycles. The van der Waals surface area contributed by atoms with Crippen LogP contribution in [0.2, 0.25) is 0 Å². The Morgan fingerprint density at radius 2 is 2.29 bits per heavy atom. The second-order valence-corrected chi connectivity index (χ2v) is 3.03. The van der Waals surface area contributed by atoms with Crippen molar-refractivity contribution in [3.05, 3.63) is 29.8 Å². The van der Waals surface area contributed by atoms with Gasteiger partial charge >= 0.3 is 0 Å². The number of carbonyl (C=O) groups is 1. The van der Waals surface area contributed by atoms with Gasteiger partial charge in [0.05, 0.1) is 6.61 Å². The summed E-state index contributed by atoms with van der Waals surface area (Å²) in [4.78, 5) is 9.89. The molecule has 4 nitrogen and oxygen atoms in total. The molecule has 0 aliphatic heterocycles. The van der Waals surface area contributed by atoms with E-state index in [2.05, 4.69) is 4.74 Å². The van der Waals surface area contributed by atoms with Gasteiger partial charge in [-0.3, -0.25) is 4.79 Å². The molecule has 76 valence electrons. The van der Waals surface area contributed by atoms with E-state index in [0.29, 0.717) is 25.2 Å². The average molecular weight is 194 g/mol. The Morgan fingerprint density at radius 1 is 1.50 bits per heavy atom. The zero-order chi connectivity index (χ0) is 10.4. The van der Waals surface area contributed by atoms with Crippen LogP contribution in [0.15, 0.2) is 24.3 Å². The van der Waals surface area contributed by atoms with Gasteiger partial charge in [0.2, 0.25) is 0 Å². The third-order valence-electron chi connectivity index (χ3n) is 1.95. The van der Waals surface area contributed by atoms with E-state index in [1.165, 1.54) is 0 Å². The van der Waals surface area contributed by atoms with E-state index in [9.17, 15) is 4.79 Å². The van der Waals surface area contributed by atoms with Crippen LogP contribution >= 0.6 is 0 Å². The largest absolute Gasteiger partial charge is 0.468 e. The van der Waals surface area contributed by atoms with Gasteiger partial charge in [-0.25, -0.2) is 0 Å². The fourth-order valence-corrected chi connectivity index (χ4v) is 1.20. The van der Waals surface area contributed by atoms with Crippen LogP contribution in [0.4, 0.5) is 5.69 Å². The molecule has 1 atom stereocenters. The molecular formula is C10H14N2O2. The van der Waals surface area contributed by atoms with Crippen molar-refractivity contribution in [3.8, 4) is 0 Å². The Balaban J connectivity index is 2.51. The van der Waals surface area contributed by atoms with Crippen LogP contribution in [0, 0.1) is 0 Å². The zero-order valence-corrected chi connectivity index (χ0v) is 7.85. The van der Waals surface area contributed by atoms with Crippen LogP contribution in [0.5, 0.6) is 0 Å². The molecule has 0 radical (unpaired) electrons. The van der Waals surface area contributed by atoms with Crippen LogP contribution in [-0.2, 0) is 9.53 Å². The SMILES string of the molecule is Nc1cccc(C(N)CCOC=O)c1. The van der Waals surface area contributed by atoms with Gasteiger partial charge in [-0.2, -0.15) is 0 Å². The van der Waals surface area contributed by atoms with Gasteiger partial charge in [0.1, 0.15) is 0 Å². The second kappa shape index (κ2) is 5.24. The zero-order valence-electron chi connectivity index (χ0n) is 7.85. The van der Waals surface area contributed by atoms with Crippen molar-refractivity contribution in [1.82, 2.24) is 0 Å². The van der Waals surface area contributed by atoms with Crippen molar-refractivity contribution < 1.29 is 9.53 Å². The van der Waals surface area contributed by atoms with Crippen LogP contribution in [0.1, 0.15) is 18.0 Å². The number of hydrogen-bond donors (Lipinski definition) is 2. The van der Waals surface area contributed by atoms with E-state index in [0.717, 1.165) is 5.56 Å². The Kier molecular flexibility index (Phi) is 3.94. The third-order valence-corrected chi connectivity index (χ3v) is 1.95. The lowest BCUT2D eigenvalue weighted by molar-refractivity contribution is -0.128. The summed E-state index contributed by atoms with van der Waals surface area (Å²) in [6.45, 7) is 0.755. The Hall–Kier alpha value is -1.55. The van der Waals surface area contributed by atoms with E-state index in [1.807, 2.05) is 18.2 Å². The third kappa shape index (κ3) is 3.06. The summed E-state index contributed by atoms with van der Waals surface area (Å²) in [5, 5.41) is 0. The predicted molar refractivity (Wildman–Crippen MR) is 54.4 cm³/mol. The first-order valence-corrected chi connectivity index (χ1v) is 4.40. The maximum atomic E-state index is 9.89. The molecule has 0 aliphatic carbocycles. The van der Waals surface area contributed by atoms with Gasteiger partial charge in [0, 0.05) is 18.2 Å². The fourth-order valence-electron chi connectivity index (χ4n) is 1.20. The van der Waals surface area contributed by atoms with Gasteiger partial charge in [0.15, 0.2) is 0 Å². The Bertz CT molecular complexity index is 302. The molecule has 0 saturated carbocycles. The van der Waals surface area contributed by atoms with Gasteiger partial charge in [-0.1, -0.05) is 12.1 Å². The summed E-state index contributed by atoms with van der Waals surface area (Å²) in [6, 6.07) is 7.25. The van der Waals surface area contributed by atoms with Crippen LogP contribution in [0.25, 0.3) is 0 Å². The summed E-state index contributed by atoms with van der Waals surface area (Å²) < 4.78 is 4.56. The number of nitrogen functional groups attached to an aromatic ring is 1. The standard InChI is InChI=1S/C10H14N2O2/c11-9-3-1-2-8(6-9)10(12)4-5-14-7-13/h1-3,6-7,10H,4-5,11-12H2. The molecule has 0 aromatic heterocycles. The molecule has 4 heteroatoms. The number of carbonyl (C=O) groups excluding carboxylic acids is 1. The molecule has 1 unspecified atom stereocenters. The highest BCUT2D eigenvalue weighted by Gasteiger charge is 2.05. The van der Waals surface area contributed by atoms with Crippen molar-refractivity contribution in [3.63, 3.8) is 0 Å². The quantitative estimate of drug-likeness (QED) is 0.413. The highest BCUT2D eigenvalue weighted by molar-refractivity contribution is 5.41. The first kappa shape index (κ1) is 10.5. The molecule has 1 rings (SSSR count). The van der Waals surface area contributed by atoms with Gasteiger partial charge < -0.3 is 16.2 Å². The number of anilines is 1. The monoisotopic (exact) mass is 194 g/mol. The van der Waals surface area contributed by atoms with Gasteiger partial charge in [0.25, 0.3) is 6.47 Å². The average Bonchev–Trinajstić information content (AvgIpc) is 2.18. The maximum absolute atomic E-state index is 9.89. The minimum atomic E-state index is -0.140. The summed E-state index contributed by atoms with van der Waals surface area (Å²) in [5.74, 6) is 0. The van der Waals surface area contributed by atoms with E-state index < -0.39 is 0 Å². The molecule has 4 N–H and O–H groups in total. The lowest BCUT2D eigenvalue weighted by Crippen LogP contribution is -2.13. The molecule has 0 fully saturated rings. The van der Waals surface area contributed by atoms with Crippen molar-refractivity contribution in [2.45, 2.75) is 12.5 Å².